The Hall–Kier alpha value is -2.24. The van der Waals surface area contributed by atoms with E-state index in [4.69, 9.17) is 5.11 Å². The van der Waals surface area contributed by atoms with Crippen LogP contribution in [0.4, 0.5) is 0 Å². The summed E-state index contributed by atoms with van der Waals surface area (Å²) in [4.78, 5) is 16.2. The molecule has 0 amide bonds. The van der Waals surface area contributed by atoms with Gasteiger partial charge in [0.05, 0.1) is 17.9 Å². The van der Waals surface area contributed by atoms with Crippen molar-refractivity contribution < 1.29 is 15.0 Å². The molecule has 100 valence electrons. The van der Waals surface area contributed by atoms with E-state index in [0.717, 1.165) is 20.5 Å². The lowest BCUT2D eigenvalue weighted by atomic mass is 10.1. The molecule has 3 aromatic rings. The molecule has 0 spiro atoms. The van der Waals surface area contributed by atoms with Crippen LogP contribution in [0, 0.1) is 0 Å². The zero-order chi connectivity index (χ0) is 14.1. The summed E-state index contributed by atoms with van der Waals surface area (Å²) >= 11 is 1.50. The molecule has 5 heteroatoms. The Bertz CT molecular complexity index is 795. The molecule has 20 heavy (non-hydrogen) atoms. The first-order valence-electron chi connectivity index (χ1n) is 6.01. The number of pyridine rings is 1. The molecule has 0 bridgehead atoms. The van der Waals surface area contributed by atoms with Gasteiger partial charge in [0.25, 0.3) is 0 Å². The van der Waals surface area contributed by atoms with E-state index in [9.17, 15) is 9.90 Å². The van der Waals surface area contributed by atoms with E-state index >= 15 is 0 Å². The number of aromatic carboxylic acids is 1. The quantitative estimate of drug-likeness (QED) is 0.775. The first-order chi connectivity index (χ1) is 9.69. The van der Waals surface area contributed by atoms with E-state index in [0.29, 0.717) is 5.69 Å². The Morgan fingerprint density at radius 1 is 1.25 bits per heavy atom. The maximum atomic E-state index is 11.0. The predicted molar refractivity (Wildman–Crippen MR) is 77.9 cm³/mol. The Morgan fingerprint density at radius 3 is 2.85 bits per heavy atom. The van der Waals surface area contributed by atoms with Gasteiger partial charge in [0.1, 0.15) is 0 Å². The van der Waals surface area contributed by atoms with E-state index in [1.165, 1.54) is 23.6 Å². The zero-order valence-corrected chi connectivity index (χ0v) is 11.2. The fourth-order valence-electron chi connectivity index (χ4n) is 2.11. The number of thiophene rings is 1. The number of hydrogen-bond acceptors (Lipinski definition) is 4. The third kappa shape index (κ3) is 2.17. The lowest BCUT2D eigenvalue weighted by molar-refractivity contribution is 0.0697. The number of carbonyl (C=O) groups is 1. The van der Waals surface area contributed by atoms with Crippen molar-refractivity contribution in [3.8, 4) is 11.3 Å². The average molecular weight is 285 g/mol. The van der Waals surface area contributed by atoms with Gasteiger partial charge in [-0.15, -0.1) is 11.3 Å². The van der Waals surface area contributed by atoms with Gasteiger partial charge >= 0.3 is 5.97 Å². The molecule has 2 N–H and O–H groups in total. The molecule has 2 heterocycles. The molecule has 3 rings (SSSR count). The van der Waals surface area contributed by atoms with Crippen LogP contribution in [0.2, 0.25) is 0 Å². The van der Waals surface area contributed by atoms with Crippen molar-refractivity contribution in [2.24, 2.45) is 0 Å². The van der Waals surface area contributed by atoms with E-state index in [2.05, 4.69) is 4.98 Å². The molecule has 0 aliphatic heterocycles. The highest BCUT2D eigenvalue weighted by Crippen LogP contribution is 2.34. The Kier molecular flexibility index (Phi) is 3.22. The number of rotatable bonds is 3. The lowest BCUT2D eigenvalue weighted by Crippen LogP contribution is -1.97. The van der Waals surface area contributed by atoms with Crippen LogP contribution >= 0.6 is 11.3 Å². The summed E-state index contributed by atoms with van der Waals surface area (Å²) in [5, 5.41) is 19.3. The summed E-state index contributed by atoms with van der Waals surface area (Å²) in [6.45, 7) is 0.00137. The van der Waals surface area contributed by atoms with Gasteiger partial charge in [0.15, 0.2) is 0 Å². The van der Waals surface area contributed by atoms with Crippen molar-refractivity contribution in [3.63, 3.8) is 0 Å². The maximum Gasteiger partial charge on any atom is 0.335 e. The van der Waals surface area contributed by atoms with Crippen LogP contribution in [0.15, 0.2) is 42.6 Å². The van der Waals surface area contributed by atoms with Crippen molar-refractivity contribution in [3.05, 3.63) is 53.0 Å². The number of aliphatic hydroxyl groups is 1. The fourth-order valence-corrected chi connectivity index (χ4v) is 3.15. The van der Waals surface area contributed by atoms with Gasteiger partial charge in [0.2, 0.25) is 0 Å². The number of carboxylic acids is 1. The standard InChI is InChI=1S/C15H11NO3S/c17-8-11-6-9-2-1-3-12(14(9)20-11)13-7-10(15(18)19)4-5-16-13/h1-7,17H,8H2,(H,18,19). The fraction of sp³-hybridized carbons (Fsp3) is 0.0667. The van der Waals surface area contributed by atoms with Crippen LogP contribution in [-0.2, 0) is 6.61 Å². The number of aromatic nitrogens is 1. The summed E-state index contributed by atoms with van der Waals surface area (Å²) in [5.74, 6) is -0.969. The minimum atomic E-state index is -0.969. The van der Waals surface area contributed by atoms with Gasteiger partial charge in [0, 0.05) is 21.3 Å². The van der Waals surface area contributed by atoms with E-state index < -0.39 is 5.97 Å². The average Bonchev–Trinajstić information content (AvgIpc) is 2.90. The largest absolute Gasteiger partial charge is 0.478 e. The molecule has 0 radical (unpaired) electrons. The summed E-state index contributed by atoms with van der Waals surface area (Å²) in [6, 6.07) is 10.8. The van der Waals surface area contributed by atoms with Gasteiger partial charge in [-0.2, -0.15) is 0 Å². The molecule has 0 aliphatic carbocycles. The number of fused-ring (bicyclic) bond motifs is 1. The number of hydrogen-bond donors (Lipinski definition) is 2. The Balaban J connectivity index is 2.21. The molecule has 0 atom stereocenters. The Morgan fingerprint density at radius 2 is 2.10 bits per heavy atom. The molecular formula is C15H11NO3S. The summed E-state index contributed by atoms with van der Waals surface area (Å²) in [5.41, 5.74) is 1.73. The number of aliphatic hydroxyl groups excluding tert-OH is 1. The third-order valence-corrected chi connectivity index (χ3v) is 4.20. The minimum absolute atomic E-state index is 0.00137. The zero-order valence-electron chi connectivity index (χ0n) is 10.4. The molecule has 0 fully saturated rings. The van der Waals surface area contributed by atoms with E-state index in [1.807, 2.05) is 24.3 Å². The molecule has 0 saturated heterocycles. The first-order valence-corrected chi connectivity index (χ1v) is 6.82. The van der Waals surface area contributed by atoms with E-state index in [1.54, 1.807) is 6.07 Å². The number of carboxylic acid groups (broad SMARTS) is 1. The Labute approximate surface area is 119 Å². The van der Waals surface area contributed by atoms with Gasteiger partial charge in [-0.3, -0.25) is 4.98 Å². The van der Waals surface area contributed by atoms with Gasteiger partial charge in [-0.1, -0.05) is 18.2 Å². The van der Waals surface area contributed by atoms with Crippen LogP contribution in [0.25, 0.3) is 21.3 Å². The van der Waals surface area contributed by atoms with Crippen LogP contribution in [-0.4, -0.2) is 21.2 Å². The molecule has 0 aliphatic rings. The van der Waals surface area contributed by atoms with Crippen LogP contribution < -0.4 is 0 Å². The normalized spacial score (nSPS) is 10.8. The summed E-state index contributed by atoms with van der Waals surface area (Å²) in [6.07, 6.45) is 1.50. The third-order valence-electron chi connectivity index (χ3n) is 3.03. The van der Waals surface area contributed by atoms with Gasteiger partial charge < -0.3 is 10.2 Å². The highest BCUT2D eigenvalue weighted by atomic mass is 32.1. The summed E-state index contributed by atoms with van der Waals surface area (Å²) < 4.78 is 1.01. The van der Waals surface area contributed by atoms with Crippen molar-refractivity contribution in [1.29, 1.82) is 0 Å². The molecule has 4 nitrogen and oxygen atoms in total. The van der Waals surface area contributed by atoms with Crippen LogP contribution in [0.5, 0.6) is 0 Å². The van der Waals surface area contributed by atoms with Crippen LogP contribution in [0.1, 0.15) is 15.2 Å². The SMILES string of the molecule is O=C(O)c1ccnc(-c2cccc3cc(CO)sc23)c1. The van der Waals surface area contributed by atoms with Gasteiger partial charge in [-0.25, -0.2) is 4.79 Å². The number of benzene rings is 1. The molecule has 0 saturated carbocycles. The second kappa shape index (κ2) is 5.03. The molecule has 0 unspecified atom stereocenters. The highest BCUT2D eigenvalue weighted by molar-refractivity contribution is 7.19. The van der Waals surface area contributed by atoms with Crippen molar-refractivity contribution in [2.45, 2.75) is 6.61 Å². The topological polar surface area (TPSA) is 70.4 Å². The molecule has 1 aromatic carbocycles. The predicted octanol–water partition coefficient (Wildman–Crippen LogP) is 3.15. The van der Waals surface area contributed by atoms with Crippen LogP contribution in [0.3, 0.4) is 0 Å². The lowest BCUT2D eigenvalue weighted by Gasteiger charge is -2.03. The minimum Gasteiger partial charge on any atom is -0.478 e. The van der Waals surface area contributed by atoms with Gasteiger partial charge in [-0.05, 0) is 23.6 Å². The smallest absolute Gasteiger partial charge is 0.335 e. The molecule has 2 aromatic heterocycles. The monoisotopic (exact) mass is 285 g/mol. The summed E-state index contributed by atoms with van der Waals surface area (Å²) in [7, 11) is 0. The highest BCUT2D eigenvalue weighted by Gasteiger charge is 2.11. The second-order valence-corrected chi connectivity index (χ2v) is 5.47. The van der Waals surface area contributed by atoms with Crippen molar-refractivity contribution in [1.82, 2.24) is 4.98 Å². The first kappa shape index (κ1) is 12.8. The van der Waals surface area contributed by atoms with Crippen molar-refractivity contribution >= 4 is 27.4 Å². The maximum absolute atomic E-state index is 11.0. The van der Waals surface area contributed by atoms with E-state index in [-0.39, 0.29) is 12.2 Å². The van der Waals surface area contributed by atoms with Crippen molar-refractivity contribution in [2.75, 3.05) is 0 Å². The number of nitrogens with zero attached hydrogens (tertiary/aromatic N) is 1. The molecular weight excluding hydrogens is 274 g/mol. The second-order valence-electron chi connectivity index (χ2n) is 4.33.